The lowest BCUT2D eigenvalue weighted by Gasteiger charge is -2.09. The summed E-state index contributed by atoms with van der Waals surface area (Å²) in [7, 11) is 0. The van der Waals surface area contributed by atoms with Crippen molar-refractivity contribution < 1.29 is 9.59 Å². The number of benzene rings is 1. The van der Waals surface area contributed by atoms with Gasteiger partial charge < -0.3 is 10.6 Å². The second kappa shape index (κ2) is 8.25. The third-order valence-corrected chi connectivity index (χ3v) is 3.21. The maximum Gasteiger partial charge on any atom is 0.324 e. The number of nitrogens with one attached hydrogen (secondary N) is 4. The van der Waals surface area contributed by atoms with Gasteiger partial charge in [-0.2, -0.15) is 0 Å². The number of carbonyl (C=O) groups is 2. The van der Waals surface area contributed by atoms with Crippen LogP contribution < -0.4 is 21.3 Å². The molecular formula is C18H16N6O2. The van der Waals surface area contributed by atoms with Gasteiger partial charge in [0.2, 0.25) is 0 Å². The highest BCUT2D eigenvalue weighted by molar-refractivity contribution is 6.00. The van der Waals surface area contributed by atoms with Gasteiger partial charge in [-0.05, 0) is 48.5 Å². The summed E-state index contributed by atoms with van der Waals surface area (Å²) >= 11 is 0. The zero-order valence-corrected chi connectivity index (χ0v) is 13.6. The second-order valence-electron chi connectivity index (χ2n) is 5.17. The number of rotatable bonds is 4. The Bertz CT molecular complexity index is 795. The number of hydrogen-bond acceptors (Lipinski definition) is 4. The van der Waals surface area contributed by atoms with E-state index in [-0.39, 0.29) is 0 Å². The summed E-state index contributed by atoms with van der Waals surface area (Å²) < 4.78 is 0. The summed E-state index contributed by atoms with van der Waals surface area (Å²) in [5, 5.41) is 10.6. The first-order chi connectivity index (χ1) is 12.7. The molecule has 0 unspecified atom stereocenters. The molecule has 4 amide bonds. The Kier molecular flexibility index (Phi) is 5.36. The Morgan fingerprint density at radius 3 is 1.35 bits per heavy atom. The molecule has 0 fully saturated rings. The molecule has 26 heavy (non-hydrogen) atoms. The lowest BCUT2D eigenvalue weighted by atomic mass is 10.3. The van der Waals surface area contributed by atoms with Gasteiger partial charge in [-0.1, -0.05) is 12.1 Å². The van der Waals surface area contributed by atoms with Crippen LogP contribution in [0.4, 0.5) is 32.6 Å². The van der Waals surface area contributed by atoms with Crippen LogP contribution in [0.1, 0.15) is 0 Å². The zero-order chi connectivity index (χ0) is 18.2. The number of urea groups is 2. The van der Waals surface area contributed by atoms with Gasteiger partial charge in [0, 0.05) is 23.8 Å². The molecule has 0 spiro atoms. The minimum Gasteiger partial charge on any atom is -0.308 e. The lowest BCUT2D eigenvalue weighted by Crippen LogP contribution is -2.21. The second-order valence-corrected chi connectivity index (χ2v) is 5.17. The van der Waals surface area contributed by atoms with E-state index in [4.69, 9.17) is 0 Å². The van der Waals surface area contributed by atoms with Crippen LogP contribution in [-0.4, -0.2) is 22.0 Å². The Labute approximate surface area is 149 Å². The van der Waals surface area contributed by atoms with E-state index in [2.05, 4.69) is 31.2 Å². The molecule has 8 nitrogen and oxygen atoms in total. The number of pyridine rings is 2. The fraction of sp³-hybridized carbons (Fsp3) is 0. The molecule has 2 heterocycles. The van der Waals surface area contributed by atoms with E-state index in [9.17, 15) is 9.59 Å². The molecule has 0 aliphatic rings. The molecule has 8 heteroatoms. The molecule has 0 saturated heterocycles. The summed E-state index contributed by atoms with van der Waals surface area (Å²) in [6.45, 7) is 0. The average molecular weight is 348 g/mol. The number of amides is 4. The topological polar surface area (TPSA) is 108 Å². The average Bonchev–Trinajstić information content (AvgIpc) is 2.65. The van der Waals surface area contributed by atoms with Crippen molar-refractivity contribution in [2.45, 2.75) is 0 Å². The van der Waals surface area contributed by atoms with Gasteiger partial charge in [-0.15, -0.1) is 0 Å². The summed E-state index contributed by atoms with van der Waals surface area (Å²) in [5.41, 5.74) is 1.16. The van der Waals surface area contributed by atoms with Crippen molar-refractivity contribution in [1.29, 1.82) is 0 Å². The van der Waals surface area contributed by atoms with Gasteiger partial charge in [0.25, 0.3) is 0 Å². The van der Waals surface area contributed by atoms with Crippen LogP contribution in [0.2, 0.25) is 0 Å². The van der Waals surface area contributed by atoms with Crippen molar-refractivity contribution in [3.63, 3.8) is 0 Å². The van der Waals surface area contributed by atoms with E-state index in [1.165, 1.54) is 0 Å². The maximum atomic E-state index is 11.9. The molecule has 2 aromatic heterocycles. The fourth-order valence-corrected chi connectivity index (χ4v) is 2.07. The highest BCUT2D eigenvalue weighted by Gasteiger charge is 2.05. The zero-order valence-electron chi connectivity index (χ0n) is 13.6. The first-order valence-corrected chi connectivity index (χ1v) is 7.77. The number of hydrogen-bond donors (Lipinski definition) is 4. The number of aromatic nitrogens is 2. The molecule has 4 N–H and O–H groups in total. The number of carbonyl (C=O) groups excluding carboxylic acids is 2. The Morgan fingerprint density at radius 2 is 1.00 bits per heavy atom. The summed E-state index contributed by atoms with van der Waals surface area (Å²) in [4.78, 5) is 31.8. The predicted molar refractivity (Wildman–Crippen MR) is 100 cm³/mol. The van der Waals surface area contributed by atoms with Crippen LogP contribution in [-0.2, 0) is 0 Å². The minimum atomic E-state index is -0.405. The van der Waals surface area contributed by atoms with E-state index in [0.717, 1.165) is 0 Å². The van der Waals surface area contributed by atoms with Gasteiger partial charge in [0.15, 0.2) is 0 Å². The highest BCUT2D eigenvalue weighted by Crippen LogP contribution is 2.14. The molecule has 0 bridgehead atoms. The van der Waals surface area contributed by atoms with E-state index in [1.807, 2.05) is 0 Å². The smallest absolute Gasteiger partial charge is 0.308 e. The highest BCUT2D eigenvalue weighted by atomic mass is 16.2. The normalized spacial score (nSPS) is 9.85. The molecule has 3 aromatic rings. The molecule has 130 valence electrons. The predicted octanol–water partition coefficient (Wildman–Crippen LogP) is 3.76. The monoisotopic (exact) mass is 348 g/mol. The maximum absolute atomic E-state index is 11.9. The lowest BCUT2D eigenvalue weighted by molar-refractivity contribution is 0.261. The van der Waals surface area contributed by atoms with Crippen molar-refractivity contribution >= 4 is 35.1 Å². The van der Waals surface area contributed by atoms with Gasteiger partial charge in [-0.25, -0.2) is 19.6 Å². The van der Waals surface area contributed by atoms with E-state index in [1.54, 1.807) is 73.1 Å². The molecule has 0 aliphatic heterocycles. The van der Waals surface area contributed by atoms with Crippen molar-refractivity contribution in [3.05, 3.63) is 73.1 Å². The van der Waals surface area contributed by atoms with Crippen LogP contribution in [0, 0.1) is 0 Å². The third-order valence-electron chi connectivity index (χ3n) is 3.21. The van der Waals surface area contributed by atoms with Gasteiger partial charge in [0.1, 0.15) is 11.6 Å². The standard InChI is InChI=1S/C18H16N6O2/c25-17(23-15-5-1-3-11-19-15)21-13-7-9-14(10-8-13)22-18(26)24-16-6-2-4-12-20-16/h1-12H,(H2,19,21,23,25)(H2,20,22,24,26). The molecule has 0 aliphatic carbocycles. The molecule has 0 saturated carbocycles. The number of nitrogens with zero attached hydrogens (tertiary/aromatic N) is 2. The van der Waals surface area contributed by atoms with E-state index >= 15 is 0 Å². The summed E-state index contributed by atoms with van der Waals surface area (Å²) in [5.74, 6) is 0.906. The molecule has 3 rings (SSSR count). The number of anilines is 4. The van der Waals surface area contributed by atoms with Crippen LogP contribution in [0.3, 0.4) is 0 Å². The first-order valence-electron chi connectivity index (χ1n) is 7.77. The first kappa shape index (κ1) is 16.9. The Hall–Kier alpha value is -3.94. The fourth-order valence-electron chi connectivity index (χ4n) is 2.07. The third kappa shape index (κ3) is 5.03. The molecule has 0 radical (unpaired) electrons. The Morgan fingerprint density at radius 1 is 0.577 bits per heavy atom. The molecule has 0 atom stereocenters. The largest absolute Gasteiger partial charge is 0.324 e. The van der Waals surface area contributed by atoms with Crippen LogP contribution >= 0.6 is 0 Å². The molecular weight excluding hydrogens is 332 g/mol. The van der Waals surface area contributed by atoms with Crippen LogP contribution in [0.15, 0.2) is 73.1 Å². The van der Waals surface area contributed by atoms with Gasteiger partial charge in [0.05, 0.1) is 0 Å². The minimum absolute atomic E-state index is 0.405. The van der Waals surface area contributed by atoms with E-state index < -0.39 is 12.1 Å². The van der Waals surface area contributed by atoms with Crippen molar-refractivity contribution in [1.82, 2.24) is 9.97 Å². The quantitative estimate of drug-likeness (QED) is 0.575. The van der Waals surface area contributed by atoms with Gasteiger partial charge >= 0.3 is 12.1 Å². The van der Waals surface area contributed by atoms with Crippen molar-refractivity contribution in [2.75, 3.05) is 21.3 Å². The van der Waals surface area contributed by atoms with E-state index in [0.29, 0.717) is 23.0 Å². The van der Waals surface area contributed by atoms with Crippen molar-refractivity contribution in [3.8, 4) is 0 Å². The molecule has 1 aromatic carbocycles. The van der Waals surface area contributed by atoms with Crippen LogP contribution in [0.5, 0.6) is 0 Å². The van der Waals surface area contributed by atoms with Crippen molar-refractivity contribution in [2.24, 2.45) is 0 Å². The van der Waals surface area contributed by atoms with Crippen LogP contribution in [0.25, 0.3) is 0 Å². The SMILES string of the molecule is O=C(Nc1ccc(NC(=O)Nc2ccccn2)cc1)Nc1ccccn1. The Balaban J connectivity index is 1.51. The summed E-state index contributed by atoms with van der Waals surface area (Å²) in [6, 6.07) is 16.3. The summed E-state index contributed by atoms with van der Waals surface area (Å²) in [6.07, 6.45) is 3.18. The van der Waals surface area contributed by atoms with Gasteiger partial charge in [-0.3, -0.25) is 10.6 Å².